The van der Waals surface area contributed by atoms with Crippen molar-refractivity contribution in [2.45, 2.75) is 26.3 Å². The number of furan rings is 1. The molecule has 0 aliphatic rings. The van der Waals surface area contributed by atoms with E-state index < -0.39 is 0 Å². The molecule has 152 valence electrons. The molecule has 0 bridgehead atoms. The molecule has 0 radical (unpaired) electrons. The Kier molecular flexibility index (Phi) is 6.20. The number of nitrogens with one attached hydrogen (secondary N) is 1. The maximum Gasteiger partial charge on any atom is 0.298 e. The monoisotopic (exact) mass is 419 g/mol. The Morgan fingerprint density at radius 2 is 1.83 bits per heavy atom. The molecular formula is C23H21N3O3S. The standard InChI is InChI=1S/C23H21N3O3S/c1-16-4-6-17(7-5-16)13-21-25-23(30-26-21)29-19-10-8-18(9-11-19)14-22(27)24-15-20-3-2-12-28-20/h2-12H,13-15H2,1H3,(H,24,27). The van der Waals surface area contributed by atoms with Crippen LogP contribution in [0.25, 0.3) is 0 Å². The SMILES string of the molecule is Cc1ccc(Cc2nsc(Oc3ccc(CC(=O)NCc4ccco4)cc3)n2)cc1. The summed E-state index contributed by atoms with van der Waals surface area (Å²) in [6.07, 6.45) is 2.55. The molecular weight excluding hydrogens is 398 g/mol. The number of rotatable bonds is 8. The second-order valence-corrected chi connectivity index (χ2v) is 7.63. The van der Waals surface area contributed by atoms with E-state index >= 15 is 0 Å². The van der Waals surface area contributed by atoms with Crippen LogP contribution in [0.3, 0.4) is 0 Å². The van der Waals surface area contributed by atoms with Gasteiger partial charge in [0, 0.05) is 18.0 Å². The van der Waals surface area contributed by atoms with Gasteiger partial charge in [-0.3, -0.25) is 4.79 Å². The molecule has 4 rings (SSSR count). The molecule has 1 N–H and O–H groups in total. The van der Waals surface area contributed by atoms with Gasteiger partial charge in [-0.2, -0.15) is 9.36 Å². The number of hydrogen-bond acceptors (Lipinski definition) is 6. The Hall–Kier alpha value is -3.45. The number of nitrogens with zero attached hydrogens (tertiary/aromatic N) is 2. The molecule has 0 saturated heterocycles. The van der Waals surface area contributed by atoms with Crippen LogP contribution in [0.15, 0.2) is 71.3 Å². The first-order chi connectivity index (χ1) is 14.6. The summed E-state index contributed by atoms with van der Waals surface area (Å²) in [4.78, 5) is 16.5. The van der Waals surface area contributed by atoms with Crippen molar-refractivity contribution in [1.29, 1.82) is 0 Å². The number of amides is 1. The highest BCUT2D eigenvalue weighted by molar-refractivity contribution is 7.07. The molecule has 0 aliphatic carbocycles. The molecule has 0 aliphatic heterocycles. The lowest BCUT2D eigenvalue weighted by molar-refractivity contribution is -0.120. The molecule has 2 aromatic carbocycles. The van der Waals surface area contributed by atoms with E-state index in [2.05, 4.69) is 45.9 Å². The highest BCUT2D eigenvalue weighted by atomic mass is 32.1. The number of benzene rings is 2. The molecule has 1 amide bonds. The lowest BCUT2D eigenvalue weighted by Gasteiger charge is -2.05. The molecule has 4 aromatic rings. The smallest absolute Gasteiger partial charge is 0.298 e. The van der Waals surface area contributed by atoms with Crippen LogP contribution in [0, 0.1) is 6.92 Å². The van der Waals surface area contributed by atoms with E-state index in [1.807, 2.05) is 30.3 Å². The van der Waals surface area contributed by atoms with E-state index in [4.69, 9.17) is 9.15 Å². The molecule has 0 fully saturated rings. The average molecular weight is 420 g/mol. The molecule has 0 spiro atoms. The normalized spacial score (nSPS) is 10.7. The Labute approximate surface area is 178 Å². The van der Waals surface area contributed by atoms with E-state index in [0.29, 0.717) is 30.3 Å². The van der Waals surface area contributed by atoms with Crippen molar-refractivity contribution in [3.63, 3.8) is 0 Å². The minimum Gasteiger partial charge on any atom is -0.467 e. The van der Waals surface area contributed by atoms with Crippen LogP contribution < -0.4 is 10.1 Å². The molecule has 0 atom stereocenters. The third-order valence-corrected chi connectivity index (χ3v) is 5.10. The first kappa shape index (κ1) is 19.8. The molecule has 0 unspecified atom stereocenters. The van der Waals surface area contributed by atoms with E-state index in [1.165, 1.54) is 22.7 Å². The number of aryl methyl sites for hydroxylation is 1. The fourth-order valence-corrected chi connectivity index (χ4v) is 3.43. The zero-order valence-corrected chi connectivity index (χ0v) is 17.3. The molecule has 2 aromatic heterocycles. The number of carbonyl (C=O) groups excluding carboxylic acids is 1. The summed E-state index contributed by atoms with van der Waals surface area (Å²) in [5, 5.41) is 3.33. The van der Waals surface area contributed by atoms with Crippen LogP contribution in [0.2, 0.25) is 0 Å². The van der Waals surface area contributed by atoms with Gasteiger partial charge in [0.15, 0.2) is 5.82 Å². The third-order valence-electron chi connectivity index (χ3n) is 4.47. The van der Waals surface area contributed by atoms with Gasteiger partial charge in [0.25, 0.3) is 5.19 Å². The van der Waals surface area contributed by atoms with Gasteiger partial charge in [0.1, 0.15) is 11.5 Å². The number of hydrogen-bond donors (Lipinski definition) is 1. The Morgan fingerprint density at radius 3 is 2.57 bits per heavy atom. The van der Waals surface area contributed by atoms with Gasteiger partial charge >= 0.3 is 0 Å². The minimum absolute atomic E-state index is 0.0649. The first-order valence-corrected chi connectivity index (χ1v) is 10.4. The highest BCUT2D eigenvalue weighted by Crippen LogP contribution is 2.24. The van der Waals surface area contributed by atoms with E-state index in [-0.39, 0.29) is 5.91 Å². The van der Waals surface area contributed by atoms with Crippen LogP contribution in [0.1, 0.15) is 28.3 Å². The second-order valence-electron chi connectivity index (χ2n) is 6.92. The molecule has 2 heterocycles. The van der Waals surface area contributed by atoms with Crippen molar-refractivity contribution >= 4 is 17.4 Å². The van der Waals surface area contributed by atoms with E-state index in [1.54, 1.807) is 12.3 Å². The van der Waals surface area contributed by atoms with Crippen molar-refractivity contribution in [1.82, 2.24) is 14.7 Å². The van der Waals surface area contributed by atoms with Gasteiger partial charge in [0.2, 0.25) is 5.91 Å². The fourth-order valence-electron chi connectivity index (χ4n) is 2.86. The largest absolute Gasteiger partial charge is 0.467 e. The van der Waals surface area contributed by atoms with Crippen LogP contribution in [0.5, 0.6) is 10.9 Å². The van der Waals surface area contributed by atoms with E-state index in [0.717, 1.165) is 17.1 Å². The number of ether oxygens (including phenoxy) is 1. The van der Waals surface area contributed by atoms with Gasteiger partial charge < -0.3 is 14.5 Å². The van der Waals surface area contributed by atoms with Crippen molar-refractivity contribution in [2.24, 2.45) is 0 Å². The average Bonchev–Trinajstić information content (AvgIpc) is 3.42. The van der Waals surface area contributed by atoms with Gasteiger partial charge in [-0.15, -0.1) is 0 Å². The highest BCUT2D eigenvalue weighted by Gasteiger charge is 2.09. The maximum absolute atomic E-state index is 12.1. The quantitative estimate of drug-likeness (QED) is 0.449. The zero-order valence-electron chi connectivity index (χ0n) is 16.5. The van der Waals surface area contributed by atoms with Crippen LogP contribution in [-0.2, 0) is 24.2 Å². The van der Waals surface area contributed by atoms with Gasteiger partial charge in [-0.1, -0.05) is 42.0 Å². The molecule has 7 heteroatoms. The van der Waals surface area contributed by atoms with Crippen molar-refractivity contribution in [3.8, 4) is 10.9 Å². The van der Waals surface area contributed by atoms with Crippen molar-refractivity contribution in [3.05, 3.63) is 95.2 Å². The van der Waals surface area contributed by atoms with Gasteiger partial charge in [-0.25, -0.2) is 0 Å². The lowest BCUT2D eigenvalue weighted by Crippen LogP contribution is -2.24. The van der Waals surface area contributed by atoms with Crippen molar-refractivity contribution < 1.29 is 13.9 Å². The molecule has 30 heavy (non-hydrogen) atoms. The molecule has 0 saturated carbocycles. The summed E-state index contributed by atoms with van der Waals surface area (Å²) in [5.74, 6) is 2.06. The lowest BCUT2D eigenvalue weighted by atomic mass is 10.1. The number of aromatic nitrogens is 2. The summed E-state index contributed by atoms with van der Waals surface area (Å²) in [6, 6.07) is 19.4. The maximum atomic E-state index is 12.1. The Morgan fingerprint density at radius 1 is 1.07 bits per heavy atom. The third kappa shape index (κ3) is 5.55. The summed E-state index contributed by atoms with van der Waals surface area (Å²) < 4.78 is 15.4. The first-order valence-electron chi connectivity index (χ1n) is 9.58. The summed E-state index contributed by atoms with van der Waals surface area (Å²) >= 11 is 1.23. The zero-order chi connectivity index (χ0) is 20.8. The summed E-state index contributed by atoms with van der Waals surface area (Å²) in [6.45, 7) is 2.45. The fraction of sp³-hybridized carbons (Fsp3) is 0.174. The van der Waals surface area contributed by atoms with E-state index in [9.17, 15) is 4.79 Å². The van der Waals surface area contributed by atoms with Crippen molar-refractivity contribution in [2.75, 3.05) is 0 Å². The summed E-state index contributed by atoms with van der Waals surface area (Å²) in [5.41, 5.74) is 3.30. The predicted octanol–water partition coefficient (Wildman–Crippen LogP) is 4.68. The van der Waals surface area contributed by atoms with Crippen LogP contribution in [-0.4, -0.2) is 15.3 Å². The van der Waals surface area contributed by atoms with Crippen LogP contribution >= 0.6 is 11.5 Å². The van der Waals surface area contributed by atoms with Gasteiger partial charge in [0.05, 0.1) is 19.2 Å². The summed E-state index contributed by atoms with van der Waals surface area (Å²) in [7, 11) is 0. The van der Waals surface area contributed by atoms with Crippen LogP contribution in [0.4, 0.5) is 0 Å². The predicted molar refractivity (Wildman–Crippen MR) is 115 cm³/mol. The number of carbonyl (C=O) groups is 1. The topological polar surface area (TPSA) is 77.2 Å². The minimum atomic E-state index is -0.0649. The Bertz CT molecular complexity index is 1090. The second kappa shape index (κ2) is 9.37. The van der Waals surface area contributed by atoms with Gasteiger partial charge in [-0.05, 0) is 42.3 Å². The molecule has 6 nitrogen and oxygen atoms in total. The Balaban J connectivity index is 1.28.